The molecule has 1 atom stereocenters. The van der Waals surface area contributed by atoms with E-state index in [9.17, 15) is 4.79 Å². The highest BCUT2D eigenvalue weighted by atomic mass is 16.5. The number of esters is 1. The first-order valence-electron chi connectivity index (χ1n) is 5.34. The molecule has 1 unspecified atom stereocenters. The Morgan fingerprint density at radius 3 is 2.75 bits per heavy atom. The van der Waals surface area contributed by atoms with Gasteiger partial charge in [-0.15, -0.1) is 0 Å². The Morgan fingerprint density at radius 2 is 2.31 bits per heavy atom. The van der Waals surface area contributed by atoms with Gasteiger partial charge in [-0.2, -0.15) is 5.10 Å². The number of rotatable bonds is 5. The topological polar surface area (TPSA) is 56.1 Å². The summed E-state index contributed by atoms with van der Waals surface area (Å²) in [6.07, 6.45) is 1.87. The molecule has 0 fully saturated rings. The third-order valence-corrected chi connectivity index (χ3v) is 2.39. The normalized spacial score (nSPS) is 12.8. The first kappa shape index (κ1) is 12.7. The molecule has 0 amide bonds. The molecule has 0 saturated heterocycles. The highest BCUT2D eigenvalue weighted by Gasteiger charge is 2.22. The molecule has 0 aliphatic heterocycles. The predicted molar refractivity (Wildman–Crippen MR) is 60.7 cm³/mol. The smallest absolute Gasteiger partial charge is 0.323 e. The van der Waals surface area contributed by atoms with Crippen molar-refractivity contribution in [1.29, 1.82) is 0 Å². The number of aromatic nitrogens is 2. The number of nitrogens with one attached hydrogen (secondary N) is 1. The van der Waals surface area contributed by atoms with Gasteiger partial charge in [-0.05, 0) is 12.0 Å². The highest BCUT2D eigenvalue weighted by Crippen LogP contribution is 2.05. The molecule has 0 radical (unpaired) electrons. The van der Waals surface area contributed by atoms with E-state index in [2.05, 4.69) is 10.4 Å². The molecule has 1 heterocycles. The molecule has 90 valence electrons. The van der Waals surface area contributed by atoms with Gasteiger partial charge in [0, 0.05) is 19.8 Å². The van der Waals surface area contributed by atoms with Gasteiger partial charge in [0.1, 0.15) is 6.04 Å². The van der Waals surface area contributed by atoms with Crippen LogP contribution in [0, 0.1) is 5.92 Å². The second-order valence-electron chi connectivity index (χ2n) is 4.11. The summed E-state index contributed by atoms with van der Waals surface area (Å²) >= 11 is 0. The van der Waals surface area contributed by atoms with E-state index in [0.29, 0.717) is 6.54 Å². The van der Waals surface area contributed by atoms with Gasteiger partial charge in [-0.25, -0.2) is 0 Å². The van der Waals surface area contributed by atoms with Gasteiger partial charge in [0.05, 0.1) is 12.8 Å². The lowest BCUT2D eigenvalue weighted by Crippen LogP contribution is -2.41. The van der Waals surface area contributed by atoms with Crippen molar-refractivity contribution < 1.29 is 9.53 Å². The van der Waals surface area contributed by atoms with Crippen molar-refractivity contribution in [3.8, 4) is 0 Å². The van der Waals surface area contributed by atoms with Crippen molar-refractivity contribution in [2.45, 2.75) is 26.4 Å². The zero-order valence-electron chi connectivity index (χ0n) is 10.2. The maximum atomic E-state index is 11.5. The van der Waals surface area contributed by atoms with Gasteiger partial charge in [0.25, 0.3) is 0 Å². The summed E-state index contributed by atoms with van der Waals surface area (Å²) in [6.45, 7) is 4.53. The Balaban J connectivity index is 2.53. The van der Waals surface area contributed by atoms with Gasteiger partial charge in [-0.3, -0.25) is 14.8 Å². The minimum Gasteiger partial charge on any atom is -0.468 e. The minimum absolute atomic E-state index is 0.191. The van der Waals surface area contributed by atoms with Crippen LogP contribution in [0.3, 0.4) is 0 Å². The van der Waals surface area contributed by atoms with Crippen molar-refractivity contribution in [2.75, 3.05) is 7.11 Å². The molecule has 0 aromatic carbocycles. The minimum atomic E-state index is -0.285. The lowest BCUT2D eigenvalue weighted by Gasteiger charge is -2.19. The van der Waals surface area contributed by atoms with Crippen molar-refractivity contribution in [3.05, 3.63) is 18.0 Å². The Labute approximate surface area is 95.8 Å². The summed E-state index contributed by atoms with van der Waals surface area (Å²) in [5.74, 6) is -0.0397. The first-order chi connectivity index (χ1) is 7.54. The third-order valence-electron chi connectivity index (χ3n) is 2.39. The van der Waals surface area contributed by atoms with Crippen LogP contribution in [0.15, 0.2) is 12.3 Å². The Hall–Kier alpha value is -1.36. The molecule has 0 saturated carbocycles. The highest BCUT2D eigenvalue weighted by molar-refractivity contribution is 5.75. The van der Waals surface area contributed by atoms with Crippen LogP contribution < -0.4 is 5.32 Å². The standard InChI is InChI=1S/C11H19N3O2/c1-8(2)10(11(15)16-4)12-7-9-5-6-14(3)13-9/h5-6,8,10,12H,7H2,1-4H3. The number of methoxy groups -OCH3 is 1. The van der Waals surface area contributed by atoms with Crippen LogP contribution in [0.2, 0.25) is 0 Å². The second kappa shape index (κ2) is 5.65. The molecule has 5 heteroatoms. The molecule has 0 spiro atoms. The number of aryl methyl sites for hydroxylation is 1. The summed E-state index contributed by atoms with van der Waals surface area (Å²) in [7, 11) is 3.27. The van der Waals surface area contributed by atoms with E-state index in [0.717, 1.165) is 5.69 Å². The van der Waals surface area contributed by atoms with Gasteiger partial charge in [0.15, 0.2) is 0 Å². The fourth-order valence-electron chi connectivity index (χ4n) is 1.49. The van der Waals surface area contributed by atoms with Gasteiger partial charge in [0.2, 0.25) is 0 Å². The lowest BCUT2D eigenvalue weighted by molar-refractivity contribution is -0.144. The van der Waals surface area contributed by atoms with Crippen LogP contribution in [-0.4, -0.2) is 28.9 Å². The van der Waals surface area contributed by atoms with Crippen molar-refractivity contribution >= 4 is 5.97 Å². The van der Waals surface area contributed by atoms with E-state index < -0.39 is 0 Å². The van der Waals surface area contributed by atoms with E-state index in [1.165, 1.54) is 7.11 Å². The largest absolute Gasteiger partial charge is 0.468 e. The van der Waals surface area contributed by atoms with E-state index in [4.69, 9.17) is 4.74 Å². The molecule has 0 aliphatic rings. The number of ether oxygens (including phenoxy) is 1. The van der Waals surface area contributed by atoms with E-state index >= 15 is 0 Å². The van der Waals surface area contributed by atoms with Crippen LogP contribution in [0.1, 0.15) is 19.5 Å². The fourth-order valence-corrected chi connectivity index (χ4v) is 1.49. The second-order valence-corrected chi connectivity index (χ2v) is 4.11. The molecule has 0 aliphatic carbocycles. The summed E-state index contributed by atoms with van der Waals surface area (Å²) in [5, 5.41) is 7.38. The SMILES string of the molecule is COC(=O)C(NCc1ccn(C)n1)C(C)C. The zero-order chi connectivity index (χ0) is 12.1. The fraction of sp³-hybridized carbons (Fsp3) is 0.636. The molecule has 16 heavy (non-hydrogen) atoms. The molecular formula is C11H19N3O2. The van der Waals surface area contributed by atoms with E-state index in [1.807, 2.05) is 33.2 Å². The number of hydrogen-bond acceptors (Lipinski definition) is 4. The maximum absolute atomic E-state index is 11.5. The summed E-state index contributed by atoms with van der Waals surface area (Å²) in [5.41, 5.74) is 0.914. The monoisotopic (exact) mass is 225 g/mol. The molecule has 1 aromatic rings. The molecule has 1 rings (SSSR count). The number of carbonyl (C=O) groups excluding carboxylic acids is 1. The number of nitrogens with zero attached hydrogens (tertiary/aromatic N) is 2. The Bertz CT molecular complexity index is 347. The zero-order valence-corrected chi connectivity index (χ0v) is 10.2. The average Bonchev–Trinajstić information content (AvgIpc) is 2.63. The Morgan fingerprint density at radius 1 is 1.62 bits per heavy atom. The Kier molecular flexibility index (Phi) is 4.49. The van der Waals surface area contributed by atoms with E-state index in [-0.39, 0.29) is 17.9 Å². The predicted octanol–water partition coefficient (Wildman–Crippen LogP) is 0.707. The summed E-state index contributed by atoms with van der Waals surface area (Å²) in [6, 6.07) is 1.63. The summed E-state index contributed by atoms with van der Waals surface area (Å²) < 4.78 is 6.48. The average molecular weight is 225 g/mol. The maximum Gasteiger partial charge on any atom is 0.323 e. The van der Waals surface area contributed by atoms with Crippen molar-refractivity contribution in [2.24, 2.45) is 13.0 Å². The number of hydrogen-bond donors (Lipinski definition) is 1. The summed E-state index contributed by atoms with van der Waals surface area (Å²) in [4.78, 5) is 11.5. The quantitative estimate of drug-likeness (QED) is 0.750. The molecular weight excluding hydrogens is 206 g/mol. The van der Waals surface area contributed by atoms with Gasteiger partial charge in [-0.1, -0.05) is 13.8 Å². The van der Waals surface area contributed by atoms with Crippen molar-refractivity contribution in [3.63, 3.8) is 0 Å². The molecule has 5 nitrogen and oxygen atoms in total. The van der Waals surface area contributed by atoms with Gasteiger partial charge < -0.3 is 4.74 Å². The van der Waals surface area contributed by atoms with Crippen LogP contribution in [-0.2, 0) is 23.1 Å². The third kappa shape index (κ3) is 3.34. The van der Waals surface area contributed by atoms with Gasteiger partial charge >= 0.3 is 5.97 Å². The van der Waals surface area contributed by atoms with Crippen molar-refractivity contribution in [1.82, 2.24) is 15.1 Å². The van der Waals surface area contributed by atoms with Crippen LogP contribution >= 0.6 is 0 Å². The van der Waals surface area contributed by atoms with Crippen LogP contribution in [0.25, 0.3) is 0 Å². The molecule has 1 aromatic heterocycles. The number of carbonyl (C=O) groups is 1. The van der Waals surface area contributed by atoms with Crippen LogP contribution in [0.4, 0.5) is 0 Å². The first-order valence-corrected chi connectivity index (χ1v) is 5.34. The lowest BCUT2D eigenvalue weighted by atomic mass is 10.0. The van der Waals surface area contributed by atoms with E-state index in [1.54, 1.807) is 4.68 Å². The molecule has 1 N–H and O–H groups in total. The molecule has 0 bridgehead atoms. The van der Waals surface area contributed by atoms with Crippen LogP contribution in [0.5, 0.6) is 0 Å².